The molecule has 0 saturated heterocycles. The molecule has 4 nitrogen and oxygen atoms in total. The second-order valence-corrected chi connectivity index (χ2v) is 5.17. The molecule has 1 aromatic heterocycles. The summed E-state index contributed by atoms with van der Waals surface area (Å²) >= 11 is 0. The first kappa shape index (κ1) is 13.2. The Morgan fingerprint density at radius 2 is 1.71 bits per heavy atom. The molecule has 0 bridgehead atoms. The van der Waals surface area contributed by atoms with Crippen molar-refractivity contribution in [2.24, 2.45) is 0 Å². The summed E-state index contributed by atoms with van der Waals surface area (Å²) in [6.07, 6.45) is 1.69. The van der Waals surface area contributed by atoms with E-state index >= 15 is 0 Å². The fraction of sp³-hybridized carbons (Fsp3) is 0.118. The first-order chi connectivity index (χ1) is 10.1. The molecule has 0 fully saturated rings. The van der Waals surface area contributed by atoms with Crippen LogP contribution in [0.3, 0.4) is 0 Å². The molecule has 3 N–H and O–H groups in total. The zero-order valence-electron chi connectivity index (χ0n) is 12.2. The Bertz CT molecular complexity index is 763. The van der Waals surface area contributed by atoms with E-state index < -0.39 is 0 Å². The van der Waals surface area contributed by atoms with Gasteiger partial charge in [-0.15, -0.1) is 0 Å². The van der Waals surface area contributed by atoms with Crippen molar-refractivity contribution in [3.63, 3.8) is 0 Å². The van der Waals surface area contributed by atoms with Crippen LogP contribution in [0.1, 0.15) is 0 Å². The largest absolute Gasteiger partial charge is 0.396 e. The van der Waals surface area contributed by atoms with E-state index in [1.807, 2.05) is 50.5 Å². The molecule has 4 heteroatoms. The number of fused-ring (bicyclic) bond motifs is 1. The number of nitrogen functional groups attached to an aromatic ring is 1. The Hall–Kier alpha value is -2.75. The molecule has 3 aromatic rings. The Morgan fingerprint density at radius 3 is 2.43 bits per heavy atom. The summed E-state index contributed by atoms with van der Waals surface area (Å²) in [5.41, 5.74) is 10.7. The summed E-state index contributed by atoms with van der Waals surface area (Å²) in [6, 6.07) is 16.2. The summed E-state index contributed by atoms with van der Waals surface area (Å²) < 4.78 is 0. The lowest BCUT2D eigenvalue weighted by atomic mass is 10.1. The lowest BCUT2D eigenvalue weighted by Gasteiger charge is -2.15. The van der Waals surface area contributed by atoms with Gasteiger partial charge in [-0.05, 0) is 30.3 Å². The minimum atomic E-state index is 0.644. The van der Waals surface area contributed by atoms with E-state index in [0.717, 1.165) is 28.0 Å². The molecule has 0 unspecified atom stereocenters. The molecule has 0 spiro atoms. The highest BCUT2D eigenvalue weighted by Crippen LogP contribution is 2.30. The summed E-state index contributed by atoms with van der Waals surface area (Å²) in [5.74, 6) is 0. The number of nitrogens with zero attached hydrogens (tertiary/aromatic N) is 2. The van der Waals surface area contributed by atoms with Crippen molar-refractivity contribution in [2.45, 2.75) is 0 Å². The van der Waals surface area contributed by atoms with Gasteiger partial charge in [0, 0.05) is 30.9 Å². The summed E-state index contributed by atoms with van der Waals surface area (Å²) in [6.45, 7) is 0. The van der Waals surface area contributed by atoms with Gasteiger partial charge >= 0.3 is 0 Å². The molecule has 0 aliphatic heterocycles. The van der Waals surface area contributed by atoms with Crippen LogP contribution in [-0.4, -0.2) is 19.1 Å². The van der Waals surface area contributed by atoms with E-state index in [-0.39, 0.29) is 0 Å². The van der Waals surface area contributed by atoms with Gasteiger partial charge < -0.3 is 16.0 Å². The van der Waals surface area contributed by atoms with Gasteiger partial charge in [-0.1, -0.05) is 18.2 Å². The first-order valence-corrected chi connectivity index (χ1v) is 6.83. The molecule has 21 heavy (non-hydrogen) atoms. The molecule has 106 valence electrons. The highest BCUT2D eigenvalue weighted by molar-refractivity contribution is 5.98. The van der Waals surface area contributed by atoms with Gasteiger partial charge in [0.25, 0.3) is 0 Å². The van der Waals surface area contributed by atoms with Crippen LogP contribution in [0.25, 0.3) is 10.9 Å². The number of nitrogens with two attached hydrogens (primary N) is 1. The van der Waals surface area contributed by atoms with Crippen LogP contribution in [0.15, 0.2) is 54.7 Å². The molecule has 3 rings (SSSR count). The number of benzene rings is 2. The number of rotatable bonds is 3. The van der Waals surface area contributed by atoms with Gasteiger partial charge in [-0.3, -0.25) is 4.98 Å². The predicted molar refractivity (Wildman–Crippen MR) is 90.2 cm³/mol. The third-order valence-corrected chi connectivity index (χ3v) is 3.46. The van der Waals surface area contributed by atoms with Crippen LogP contribution in [0.2, 0.25) is 0 Å². The number of anilines is 4. The average molecular weight is 278 g/mol. The van der Waals surface area contributed by atoms with E-state index in [1.54, 1.807) is 6.20 Å². The van der Waals surface area contributed by atoms with Crippen LogP contribution in [0.5, 0.6) is 0 Å². The zero-order chi connectivity index (χ0) is 14.8. The third kappa shape index (κ3) is 2.60. The van der Waals surface area contributed by atoms with Crippen molar-refractivity contribution in [1.82, 2.24) is 4.98 Å². The van der Waals surface area contributed by atoms with Crippen molar-refractivity contribution in [3.8, 4) is 0 Å². The Labute approximate surface area is 124 Å². The number of nitrogens with one attached hydrogen (secondary N) is 1. The highest BCUT2D eigenvalue weighted by Gasteiger charge is 2.06. The second-order valence-electron chi connectivity index (χ2n) is 5.17. The van der Waals surface area contributed by atoms with Crippen LogP contribution in [0.4, 0.5) is 22.7 Å². The Balaban J connectivity index is 1.99. The zero-order valence-corrected chi connectivity index (χ0v) is 12.2. The normalized spacial score (nSPS) is 10.6. The van der Waals surface area contributed by atoms with Crippen LogP contribution >= 0.6 is 0 Å². The minimum absolute atomic E-state index is 0.644. The van der Waals surface area contributed by atoms with Crippen molar-refractivity contribution in [2.75, 3.05) is 30.0 Å². The van der Waals surface area contributed by atoms with Gasteiger partial charge in [0.2, 0.25) is 0 Å². The SMILES string of the molecule is CN(C)c1ccc(Nc2c(N)cnc3ccccc23)cc1. The average Bonchev–Trinajstić information content (AvgIpc) is 2.51. The maximum atomic E-state index is 6.08. The number of para-hydroxylation sites is 1. The number of pyridine rings is 1. The lowest BCUT2D eigenvalue weighted by molar-refractivity contribution is 1.13. The lowest BCUT2D eigenvalue weighted by Crippen LogP contribution is -2.08. The van der Waals surface area contributed by atoms with Gasteiger partial charge in [0.1, 0.15) is 0 Å². The quantitative estimate of drug-likeness (QED) is 0.768. The smallest absolute Gasteiger partial charge is 0.0746 e. The van der Waals surface area contributed by atoms with Gasteiger partial charge in [-0.25, -0.2) is 0 Å². The van der Waals surface area contributed by atoms with Crippen LogP contribution in [-0.2, 0) is 0 Å². The van der Waals surface area contributed by atoms with Crippen molar-refractivity contribution in [3.05, 3.63) is 54.7 Å². The fourth-order valence-electron chi connectivity index (χ4n) is 2.28. The Kier molecular flexibility index (Phi) is 3.36. The standard InChI is InChI=1S/C17H18N4/c1-21(2)13-9-7-12(8-10-13)20-17-14-5-3-4-6-16(14)19-11-15(17)18/h3-11H,18H2,1-2H3,(H,19,20). The topological polar surface area (TPSA) is 54.2 Å². The van der Waals surface area contributed by atoms with E-state index in [1.165, 1.54) is 0 Å². The molecule has 0 amide bonds. The summed E-state index contributed by atoms with van der Waals surface area (Å²) in [5, 5.41) is 4.42. The third-order valence-electron chi connectivity index (χ3n) is 3.46. The molecular formula is C17H18N4. The van der Waals surface area contributed by atoms with Gasteiger partial charge in [-0.2, -0.15) is 0 Å². The molecule has 0 aliphatic carbocycles. The summed E-state index contributed by atoms with van der Waals surface area (Å²) in [7, 11) is 4.05. The van der Waals surface area contributed by atoms with Gasteiger partial charge in [0.05, 0.1) is 23.1 Å². The minimum Gasteiger partial charge on any atom is -0.396 e. The molecular weight excluding hydrogens is 260 g/mol. The molecule has 0 radical (unpaired) electrons. The van der Waals surface area contributed by atoms with Gasteiger partial charge in [0.15, 0.2) is 0 Å². The van der Waals surface area contributed by atoms with Crippen LogP contribution in [0, 0.1) is 0 Å². The number of aromatic nitrogens is 1. The van der Waals surface area contributed by atoms with Crippen molar-refractivity contribution >= 4 is 33.7 Å². The number of hydrogen-bond acceptors (Lipinski definition) is 4. The molecule has 2 aromatic carbocycles. The second kappa shape index (κ2) is 5.32. The highest BCUT2D eigenvalue weighted by atomic mass is 15.1. The Morgan fingerprint density at radius 1 is 1.00 bits per heavy atom. The van der Waals surface area contributed by atoms with E-state index in [2.05, 4.69) is 27.3 Å². The van der Waals surface area contributed by atoms with E-state index in [9.17, 15) is 0 Å². The predicted octanol–water partition coefficient (Wildman–Crippen LogP) is 3.63. The maximum Gasteiger partial charge on any atom is 0.0746 e. The first-order valence-electron chi connectivity index (χ1n) is 6.83. The molecule has 0 saturated carbocycles. The molecule has 0 aliphatic rings. The molecule has 0 atom stereocenters. The monoisotopic (exact) mass is 278 g/mol. The molecule has 1 heterocycles. The summed E-state index contributed by atoms with van der Waals surface area (Å²) in [4.78, 5) is 6.42. The van der Waals surface area contributed by atoms with Crippen molar-refractivity contribution in [1.29, 1.82) is 0 Å². The van der Waals surface area contributed by atoms with E-state index in [0.29, 0.717) is 5.69 Å². The maximum absolute atomic E-state index is 6.08. The van der Waals surface area contributed by atoms with E-state index in [4.69, 9.17) is 5.73 Å². The number of hydrogen-bond donors (Lipinski definition) is 2. The fourth-order valence-corrected chi connectivity index (χ4v) is 2.28. The van der Waals surface area contributed by atoms with Crippen molar-refractivity contribution < 1.29 is 0 Å². The van der Waals surface area contributed by atoms with Crippen LogP contribution < -0.4 is 16.0 Å².